The van der Waals surface area contributed by atoms with Crippen LogP contribution in [0.15, 0.2) is 54.7 Å². The van der Waals surface area contributed by atoms with Crippen molar-refractivity contribution in [2.24, 2.45) is 0 Å². The Kier molecular flexibility index (Phi) is 4.71. The Hall–Kier alpha value is -3.35. The molecule has 0 aliphatic rings. The molecule has 3 N–H and O–H groups in total. The summed E-state index contributed by atoms with van der Waals surface area (Å²) in [6, 6.07) is 15.1. The highest BCUT2D eigenvalue weighted by molar-refractivity contribution is 5.68. The van der Waals surface area contributed by atoms with Crippen LogP contribution in [0.4, 0.5) is 5.69 Å². The van der Waals surface area contributed by atoms with E-state index in [9.17, 15) is 4.79 Å². The smallest absolute Gasteiger partial charge is 0.341 e. The van der Waals surface area contributed by atoms with Crippen molar-refractivity contribution in [1.29, 1.82) is 0 Å². The predicted molar refractivity (Wildman–Crippen MR) is 88.7 cm³/mol. The Bertz CT molecular complexity index is 818. The second kappa shape index (κ2) is 7.28. The first-order valence-corrected chi connectivity index (χ1v) is 7.35. The monoisotopic (exact) mass is 324 g/mol. The highest BCUT2D eigenvalue weighted by Crippen LogP contribution is 2.22. The molecule has 7 heteroatoms. The van der Waals surface area contributed by atoms with E-state index in [1.807, 2.05) is 42.5 Å². The number of aliphatic carboxylic acids is 1. The number of para-hydroxylation sites is 1. The summed E-state index contributed by atoms with van der Waals surface area (Å²) in [5, 5.41) is 22.5. The van der Waals surface area contributed by atoms with E-state index in [0.717, 1.165) is 22.5 Å². The minimum absolute atomic E-state index is 0.362. The van der Waals surface area contributed by atoms with Crippen LogP contribution in [0.5, 0.6) is 5.75 Å². The van der Waals surface area contributed by atoms with Crippen molar-refractivity contribution in [3.8, 4) is 17.0 Å². The predicted octanol–water partition coefficient (Wildman–Crippen LogP) is 2.55. The molecule has 0 spiro atoms. The maximum atomic E-state index is 10.7. The van der Waals surface area contributed by atoms with Crippen molar-refractivity contribution in [2.75, 3.05) is 11.9 Å². The molecule has 0 fully saturated rings. The van der Waals surface area contributed by atoms with Crippen LogP contribution in [-0.2, 0) is 11.3 Å². The minimum Gasteiger partial charge on any atom is -0.482 e. The number of nitrogens with zero attached hydrogens (tertiary/aromatic N) is 2. The van der Waals surface area contributed by atoms with Crippen LogP contribution in [-0.4, -0.2) is 33.1 Å². The number of H-pyrrole nitrogens is 1. The Balaban J connectivity index is 1.70. The third-order valence-electron chi connectivity index (χ3n) is 3.38. The summed E-state index contributed by atoms with van der Waals surface area (Å²) in [5.41, 5.74) is 3.52. The minimum atomic E-state index is -1.00. The topological polar surface area (TPSA) is 100 Å². The van der Waals surface area contributed by atoms with Crippen molar-refractivity contribution >= 4 is 11.7 Å². The lowest BCUT2D eigenvalue weighted by molar-refractivity contribution is -0.139. The summed E-state index contributed by atoms with van der Waals surface area (Å²) in [5.74, 6) is -0.446. The molecule has 0 saturated carbocycles. The Morgan fingerprint density at radius 2 is 2.08 bits per heavy atom. The Labute approximate surface area is 138 Å². The molecule has 24 heavy (non-hydrogen) atoms. The number of nitrogens with one attached hydrogen (secondary N) is 2. The highest BCUT2D eigenvalue weighted by Gasteiger charge is 2.06. The number of aromatic nitrogens is 3. The van der Waals surface area contributed by atoms with E-state index in [1.165, 1.54) is 0 Å². The largest absolute Gasteiger partial charge is 0.482 e. The van der Waals surface area contributed by atoms with Gasteiger partial charge in [-0.3, -0.25) is 0 Å². The number of carbonyl (C=O) groups is 1. The molecule has 0 aliphatic carbocycles. The zero-order chi connectivity index (χ0) is 16.8. The lowest BCUT2D eigenvalue weighted by atomic mass is 10.1. The van der Waals surface area contributed by atoms with E-state index < -0.39 is 5.97 Å². The van der Waals surface area contributed by atoms with Crippen molar-refractivity contribution in [3.63, 3.8) is 0 Å². The van der Waals surface area contributed by atoms with Gasteiger partial charge in [-0.15, -0.1) is 0 Å². The number of rotatable bonds is 7. The van der Waals surface area contributed by atoms with Gasteiger partial charge < -0.3 is 15.2 Å². The number of aromatic amines is 1. The van der Waals surface area contributed by atoms with Gasteiger partial charge in [0.25, 0.3) is 0 Å². The van der Waals surface area contributed by atoms with E-state index in [0.29, 0.717) is 12.3 Å². The zero-order valence-corrected chi connectivity index (χ0v) is 12.8. The number of benzene rings is 2. The first-order valence-electron chi connectivity index (χ1n) is 7.35. The van der Waals surface area contributed by atoms with E-state index in [-0.39, 0.29) is 6.61 Å². The fourth-order valence-corrected chi connectivity index (χ4v) is 2.26. The molecule has 0 aliphatic heterocycles. The highest BCUT2D eigenvalue weighted by atomic mass is 16.5. The number of ether oxygens (including phenoxy) is 1. The molecule has 1 heterocycles. The molecular formula is C17H16N4O3. The van der Waals surface area contributed by atoms with Crippen LogP contribution < -0.4 is 10.1 Å². The lowest BCUT2D eigenvalue weighted by Gasteiger charge is -2.12. The standard InChI is InChI=1S/C17H16N4O3/c22-17(23)11-24-16-7-2-1-4-13(16)9-18-14-6-3-5-12(8-14)15-10-19-21-20-15/h1-8,10,18H,9,11H2,(H,22,23)(H,19,20,21). The number of hydrogen-bond donors (Lipinski definition) is 3. The van der Waals surface area contributed by atoms with Gasteiger partial charge in [-0.2, -0.15) is 15.4 Å². The molecule has 3 aromatic rings. The van der Waals surface area contributed by atoms with Gasteiger partial charge in [0.15, 0.2) is 6.61 Å². The van der Waals surface area contributed by atoms with Gasteiger partial charge in [-0.25, -0.2) is 4.79 Å². The number of anilines is 1. The van der Waals surface area contributed by atoms with E-state index in [2.05, 4.69) is 20.7 Å². The average Bonchev–Trinajstić information content (AvgIpc) is 3.14. The van der Waals surface area contributed by atoms with Crippen molar-refractivity contribution in [3.05, 3.63) is 60.3 Å². The van der Waals surface area contributed by atoms with Crippen LogP contribution in [0, 0.1) is 0 Å². The number of carboxylic acids is 1. The maximum absolute atomic E-state index is 10.7. The van der Waals surface area contributed by atoms with Crippen LogP contribution in [0.3, 0.4) is 0 Å². The van der Waals surface area contributed by atoms with Crippen LogP contribution in [0.2, 0.25) is 0 Å². The molecule has 0 amide bonds. The Morgan fingerprint density at radius 1 is 1.21 bits per heavy atom. The summed E-state index contributed by atoms with van der Waals surface area (Å²) in [6.07, 6.45) is 1.66. The molecule has 0 atom stereocenters. The SMILES string of the molecule is O=C(O)COc1ccccc1CNc1cccc(-c2cn[nH]n2)c1. The summed E-state index contributed by atoms with van der Waals surface area (Å²) in [6.45, 7) is 0.150. The second-order valence-corrected chi connectivity index (χ2v) is 5.08. The quantitative estimate of drug-likeness (QED) is 0.617. The number of hydrogen-bond acceptors (Lipinski definition) is 5. The summed E-state index contributed by atoms with van der Waals surface area (Å²) in [4.78, 5) is 10.7. The molecule has 3 rings (SSSR count). The van der Waals surface area contributed by atoms with Crippen molar-refractivity contribution < 1.29 is 14.6 Å². The lowest BCUT2D eigenvalue weighted by Crippen LogP contribution is -2.11. The molecule has 122 valence electrons. The Morgan fingerprint density at radius 3 is 2.88 bits per heavy atom. The van der Waals surface area contributed by atoms with Gasteiger partial charge in [0.1, 0.15) is 11.4 Å². The third-order valence-corrected chi connectivity index (χ3v) is 3.38. The molecule has 0 saturated heterocycles. The van der Waals surface area contributed by atoms with Crippen LogP contribution >= 0.6 is 0 Å². The summed E-state index contributed by atoms with van der Waals surface area (Å²) >= 11 is 0. The van der Waals surface area contributed by atoms with Gasteiger partial charge in [0.2, 0.25) is 0 Å². The zero-order valence-electron chi connectivity index (χ0n) is 12.8. The van der Waals surface area contributed by atoms with Gasteiger partial charge >= 0.3 is 5.97 Å². The number of carboxylic acid groups (broad SMARTS) is 1. The molecular weight excluding hydrogens is 308 g/mol. The average molecular weight is 324 g/mol. The normalized spacial score (nSPS) is 10.3. The molecule has 0 unspecified atom stereocenters. The van der Waals surface area contributed by atoms with Crippen LogP contribution in [0.1, 0.15) is 5.56 Å². The van der Waals surface area contributed by atoms with Crippen LogP contribution in [0.25, 0.3) is 11.3 Å². The van der Waals surface area contributed by atoms with Gasteiger partial charge in [0, 0.05) is 23.4 Å². The fraction of sp³-hybridized carbons (Fsp3) is 0.118. The van der Waals surface area contributed by atoms with Gasteiger partial charge in [0.05, 0.1) is 6.20 Å². The molecule has 0 bridgehead atoms. The van der Waals surface area contributed by atoms with E-state index in [1.54, 1.807) is 12.3 Å². The first kappa shape index (κ1) is 15.5. The molecule has 0 radical (unpaired) electrons. The molecule has 7 nitrogen and oxygen atoms in total. The van der Waals surface area contributed by atoms with Gasteiger partial charge in [-0.05, 0) is 18.2 Å². The second-order valence-electron chi connectivity index (χ2n) is 5.08. The van der Waals surface area contributed by atoms with Crippen molar-refractivity contribution in [2.45, 2.75) is 6.54 Å². The maximum Gasteiger partial charge on any atom is 0.341 e. The summed E-state index contributed by atoms with van der Waals surface area (Å²) < 4.78 is 5.31. The van der Waals surface area contributed by atoms with Gasteiger partial charge in [-0.1, -0.05) is 30.3 Å². The first-order chi connectivity index (χ1) is 11.7. The van der Waals surface area contributed by atoms with E-state index in [4.69, 9.17) is 9.84 Å². The summed E-state index contributed by atoms with van der Waals surface area (Å²) in [7, 11) is 0. The fourth-order valence-electron chi connectivity index (χ4n) is 2.26. The van der Waals surface area contributed by atoms with Crippen molar-refractivity contribution in [1.82, 2.24) is 15.4 Å². The third kappa shape index (κ3) is 3.89. The van der Waals surface area contributed by atoms with E-state index >= 15 is 0 Å². The molecule has 1 aromatic heterocycles. The molecule has 2 aromatic carbocycles.